The smallest absolute Gasteiger partial charge is 0.237 e. The molecular formula is C17H34N2O. The van der Waals surface area contributed by atoms with Crippen molar-refractivity contribution in [3.05, 3.63) is 0 Å². The summed E-state index contributed by atoms with van der Waals surface area (Å²) in [6.07, 6.45) is 6.58. The van der Waals surface area contributed by atoms with Crippen molar-refractivity contribution >= 4 is 5.91 Å². The summed E-state index contributed by atoms with van der Waals surface area (Å²) in [5.74, 6) is 0.837. The summed E-state index contributed by atoms with van der Waals surface area (Å²) in [5, 5.41) is 6.53. The lowest BCUT2D eigenvalue weighted by Gasteiger charge is -2.33. The molecule has 0 spiro atoms. The summed E-state index contributed by atoms with van der Waals surface area (Å²) in [5.41, 5.74) is 0.264. The van der Waals surface area contributed by atoms with Crippen molar-refractivity contribution in [2.45, 2.75) is 85.2 Å². The van der Waals surface area contributed by atoms with Crippen LogP contribution >= 0.6 is 0 Å². The number of carbonyl (C=O) groups is 1. The molecule has 0 aromatic rings. The number of rotatable bonds is 6. The highest BCUT2D eigenvalue weighted by molar-refractivity contribution is 5.81. The van der Waals surface area contributed by atoms with E-state index in [9.17, 15) is 4.79 Å². The zero-order valence-electron chi connectivity index (χ0n) is 14.3. The molecule has 3 nitrogen and oxygen atoms in total. The topological polar surface area (TPSA) is 41.1 Å². The van der Waals surface area contributed by atoms with Crippen molar-refractivity contribution in [1.82, 2.24) is 10.6 Å². The summed E-state index contributed by atoms with van der Waals surface area (Å²) in [6, 6.07) is -0.112. The minimum atomic E-state index is -0.157. The van der Waals surface area contributed by atoms with E-state index in [4.69, 9.17) is 0 Å². The van der Waals surface area contributed by atoms with Crippen LogP contribution in [0.2, 0.25) is 0 Å². The largest absolute Gasteiger partial charge is 0.350 e. The van der Waals surface area contributed by atoms with Gasteiger partial charge in [0, 0.05) is 12.1 Å². The lowest BCUT2D eigenvalue weighted by molar-refractivity contribution is -0.124. The van der Waals surface area contributed by atoms with Crippen LogP contribution in [0.25, 0.3) is 0 Å². The molecule has 0 aliphatic heterocycles. The Morgan fingerprint density at radius 3 is 2.15 bits per heavy atom. The van der Waals surface area contributed by atoms with Gasteiger partial charge in [0.15, 0.2) is 0 Å². The van der Waals surface area contributed by atoms with Gasteiger partial charge in [0.1, 0.15) is 0 Å². The van der Waals surface area contributed by atoms with Gasteiger partial charge in [-0.05, 0) is 58.3 Å². The maximum absolute atomic E-state index is 12.1. The van der Waals surface area contributed by atoms with Crippen molar-refractivity contribution < 1.29 is 4.79 Å². The fourth-order valence-electron chi connectivity index (χ4n) is 3.38. The first-order chi connectivity index (χ1) is 9.14. The van der Waals surface area contributed by atoms with Crippen molar-refractivity contribution in [1.29, 1.82) is 0 Å². The molecule has 2 N–H and O–H groups in total. The average Bonchev–Trinajstić information content (AvgIpc) is 2.71. The first-order valence-electron chi connectivity index (χ1n) is 8.19. The van der Waals surface area contributed by atoms with E-state index in [0.29, 0.717) is 5.41 Å². The average molecular weight is 282 g/mol. The minimum absolute atomic E-state index is 0.107. The van der Waals surface area contributed by atoms with Crippen LogP contribution in [-0.2, 0) is 4.79 Å². The Hall–Kier alpha value is -0.570. The van der Waals surface area contributed by atoms with Crippen molar-refractivity contribution in [2.75, 3.05) is 6.54 Å². The molecule has 1 saturated carbocycles. The van der Waals surface area contributed by atoms with E-state index in [2.05, 4.69) is 24.5 Å². The van der Waals surface area contributed by atoms with Crippen LogP contribution in [0.1, 0.15) is 73.6 Å². The normalized spacial score (nSPS) is 20.1. The lowest BCUT2D eigenvalue weighted by Crippen LogP contribution is -2.51. The SMILES string of the molecule is CC(C)CC1(CNC(C)C(=O)NC(C)(C)C)CCCC1. The Kier molecular flexibility index (Phi) is 6.06. The predicted octanol–water partition coefficient (Wildman–Crippen LogP) is 3.49. The Labute approximate surface area is 125 Å². The minimum Gasteiger partial charge on any atom is -0.350 e. The van der Waals surface area contributed by atoms with Gasteiger partial charge in [-0.15, -0.1) is 0 Å². The molecule has 1 aliphatic carbocycles. The second kappa shape index (κ2) is 6.93. The molecule has 0 radical (unpaired) electrons. The molecule has 20 heavy (non-hydrogen) atoms. The van der Waals surface area contributed by atoms with Crippen LogP contribution in [0, 0.1) is 11.3 Å². The van der Waals surface area contributed by atoms with E-state index in [0.717, 1.165) is 12.5 Å². The number of amides is 1. The van der Waals surface area contributed by atoms with E-state index in [1.807, 2.05) is 27.7 Å². The molecule has 1 amide bonds. The highest BCUT2D eigenvalue weighted by atomic mass is 16.2. The second-order valence-corrected chi connectivity index (χ2v) is 8.15. The zero-order chi connectivity index (χ0) is 15.4. The van der Waals surface area contributed by atoms with Gasteiger partial charge in [0.25, 0.3) is 0 Å². The van der Waals surface area contributed by atoms with Gasteiger partial charge >= 0.3 is 0 Å². The number of hydrogen-bond donors (Lipinski definition) is 2. The fraction of sp³-hybridized carbons (Fsp3) is 0.941. The van der Waals surface area contributed by atoms with Crippen LogP contribution in [-0.4, -0.2) is 24.0 Å². The third kappa shape index (κ3) is 5.82. The standard InChI is InChI=1S/C17H34N2O/c1-13(2)11-17(9-7-8-10-17)12-18-14(3)15(20)19-16(4,5)6/h13-14,18H,7-12H2,1-6H3,(H,19,20). The molecule has 0 aromatic carbocycles. The van der Waals surface area contributed by atoms with E-state index in [1.54, 1.807) is 0 Å². The third-order valence-corrected chi connectivity index (χ3v) is 4.18. The third-order valence-electron chi connectivity index (χ3n) is 4.18. The molecule has 0 bridgehead atoms. The quantitative estimate of drug-likeness (QED) is 0.783. The second-order valence-electron chi connectivity index (χ2n) is 8.15. The Morgan fingerprint density at radius 1 is 1.15 bits per heavy atom. The van der Waals surface area contributed by atoms with Crippen LogP contribution < -0.4 is 10.6 Å². The summed E-state index contributed by atoms with van der Waals surface area (Å²) in [6.45, 7) is 13.6. The van der Waals surface area contributed by atoms with Gasteiger partial charge in [0.05, 0.1) is 6.04 Å². The Bertz CT molecular complexity index is 311. The van der Waals surface area contributed by atoms with E-state index >= 15 is 0 Å². The number of nitrogens with one attached hydrogen (secondary N) is 2. The molecule has 1 rings (SSSR count). The summed E-state index contributed by atoms with van der Waals surface area (Å²) < 4.78 is 0. The molecule has 118 valence electrons. The molecule has 1 unspecified atom stereocenters. The molecule has 0 aromatic heterocycles. The first kappa shape index (κ1) is 17.5. The fourth-order valence-corrected chi connectivity index (χ4v) is 3.38. The van der Waals surface area contributed by atoms with Crippen LogP contribution in [0.4, 0.5) is 0 Å². The van der Waals surface area contributed by atoms with Crippen LogP contribution in [0.15, 0.2) is 0 Å². The van der Waals surface area contributed by atoms with E-state index in [-0.39, 0.29) is 17.5 Å². The maximum Gasteiger partial charge on any atom is 0.237 e. The maximum atomic E-state index is 12.1. The van der Waals surface area contributed by atoms with Gasteiger partial charge in [-0.3, -0.25) is 4.79 Å². The molecule has 1 aliphatic rings. The van der Waals surface area contributed by atoms with Gasteiger partial charge in [-0.25, -0.2) is 0 Å². The lowest BCUT2D eigenvalue weighted by atomic mass is 9.78. The first-order valence-corrected chi connectivity index (χ1v) is 8.19. The van der Waals surface area contributed by atoms with Gasteiger partial charge in [0.2, 0.25) is 5.91 Å². The van der Waals surface area contributed by atoms with E-state index in [1.165, 1.54) is 32.1 Å². The van der Waals surface area contributed by atoms with Gasteiger partial charge < -0.3 is 10.6 Å². The van der Waals surface area contributed by atoms with Crippen LogP contribution in [0.5, 0.6) is 0 Å². The Morgan fingerprint density at radius 2 is 1.70 bits per heavy atom. The monoisotopic (exact) mass is 282 g/mol. The van der Waals surface area contributed by atoms with Crippen molar-refractivity contribution in [3.63, 3.8) is 0 Å². The summed E-state index contributed by atoms with van der Waals surface area (Å²) >= 11 is 0. The van der Waals surface area contributed by atoms with Crippen molar-refractivity contribution in [2.24, 2.45) is 11.3 Å². The molecular weight excluding hydrogens is 248 g/mol. The molecule has 0 heterocycles. The number of carbonyl (C=O) groups excluding carboxylic acids is 1. The predicted molar refractivity (Wildman–Crippen MR) is 85.7 cm³/mol. The van der Waals surface area contributed by atoms with Gasteiger partial charge in [-0.2, -0.15) is 0 Å². The van der Waals surface area contributed by atoms with Gasteiger partial charge in [-0.1, -0.05) is 26.7 Å². The number of hydrogen-bond acceptors (Lipinski definition) is 2. The molecule has 0 saturated heterocycles. The summed E-state index contributed by atoms with van der Waals surface area (Å²) in [4.78, 5) is 12.1. The molecule has 1 fully saturated rings. The molecule has 3 heteroatoms. The van der Waals surface area contributed by atoms with Crippen molar-refractivity contribution in [3.8, 4) is 0 Å². The van der Waals surface area contributed by atoms with E-state index < -0.39 is 0 Å². The summed E-state index contributed by atoms with van der Waals surface area (Å²) in [7, 11) is 0. The zero-order valence-corrected chi connectivity index (χ0v) is 14.3. The van der Waals surface area contributed by atoms with Crippen LogP contribution in [0.3, 0.4) is 0 Å². The molecule has 1 atom stereocenters. The Balaban J connectivity index is 2.49. The highest BCUT2D eigenvalue weighted by Crippen LogP contribution is 2.42. The highest BCUT2D eigenvalue weighted by Gasteiger charge is 2.34.